The zero-order valence-electron chi connectivity index (χ0n) is 32.9. The number of benzene rings is 10. The van der Waals surface area contributed by atoms with Crippen molar-refractivity contribution < 1.29 is 4.42 Å². The lowest BCUT2D eigenvalue weighted by molar-refractivity contribution is 0.670. The molecule has 0 amide bonds. The average Bonchev–Trinajstić information content (AvgIpc) is 3.72. The molecule has 282 valence electrons. The van der Waals surface area contributed by atoms with E-state index in [0.29, 0.717) is 0 Å². The van der Waals surface area contributed by atoms with E-state index in [9.17, 15) is 0 Å². The largest absolute Gasteiger partial charge is 0.455 e. The Balaban J connectivity index is 1.10. The SMILES string of the molecule is c1ccc(-c2ccc(-c3ccc(N(c4ccccc4-c4ccccc4-c4cccc5ccccc45)c4ccccc4-c4cccc5c4oc4ccccc45)cc3)cc2)cc1. The highest BCUT2D eigenvalue weighted by molar-refractivity contribution is 6.11. The van der Waals surface area contributed by atoms with Crippen LogP contribution < -0.4 is 4.90 Å². The van der Waals surface area contributed by atoms with Crippen LogP contribution in [-0.2, 0) is 0 Å². The summed E-state index contributed by atoms with van der Waals surface area (Å²) in [6, 6.07) is 84.8. The van der Waals surface area contributed by atoms with Gasteiger partial charge in [-0.1, -0.05) is 206 Å². The average molecular weight is 766 g/mol. The lowest BCUT2D eigenvalue weighted by Crippen LogP contribution is -2.12. The van der Waals surface area contributed by atoms with Gasteiger partial charge in [0.25, 0.3) is 0 Å². The molecule has 0 unspecified atom stereocenters. The predicted octanol–water partition coefficient (Wildman–Crippen LogP) is 16.5. The molecule has 0 aliphatic rings. The molecule has 0 radical (unpaired) electrons. The van der Waals surface area contributed by atoms with Crippen LogP contribution in [0.25, 0.3) is 88.3 Å². The van der Waals surface area contributed by atoms with Crippen molar-refractivity contribution in [3.63, 3.8) is 0 Å². The number of fused-ring (bicyclic) bond motifs is 4. The van der Waals surface area contributed by atoms with Gasteiger partial charge in [0.2, 0.25) is 0 Å². The third-order valence-electron chi connectivity index (χ3n) is 11.7. The zero-order chi connectivity index (χ0) is 39.8. The van der Waals surface area contributed by atoms with Crippen molar-refractivity contribution in [3.05, 3.63) is 237 Å². The monoisotopic (exact) mass is 765 g/mol. The first-order valence-electron chi connectivity index (χ1n) is 20.5. The summed E-state index contributed by atoms with van der Waals surface area (Å²) >= 11 is 0. The van der Waals surface area contributed by atoms with Crippen molar-refractivity contribution in [2.24, 2.45) is 0 Å². The lowest BCUT2D eigenvalue weighted by atomic mass is 9.90. The highest BCUT2D eigenvalue weighted by Gasteiger charge is 2.23. The van der Waals surface area contributed by atoms with Gasteiger partial charge in [-0.25, -0.2) is 0 Å². The van der Waals surface area contributed by atoms with Crippen LogP contribution in [0, 0.1) is 0 Å². The van der Waals surface area contributed by atoms with E-state index in [1.165, 1.54) is 44.2 Å². The van der Waals surface area contributed by atoms with Crippen LogP contribution in [0.1, 0.15) is 0 Å². The Hall–Kier alpha value is -7.94. The maximum atomic E-state index is 6.66. The van der Waals surface area contributed by atoms with Crippen molar-refractivity contribution in [1.29, 1.82) is 0 Å². The van der Waals surface area contributed by atoms with E-state index >= 15 is 0 Å². The molecule has 0 bridgehead atoms. The van der Waals surface area contributed by atoms with Gasteiger partial charge in [-0.05, 0) is 80.0 Å². The summed E-state index contributed by atoms with van der Waals surface area (Å²) in [4.78, 5) is 2.42. The number of rotatable bonds is 8. The van der Waals surface area contributed by atoms with Crippen LogP contribution in [0.2, 0.25) is 0 Å². The Bertz CT molecular complexity index is 3300. The zero-order valence-corrected chi connectivity index (χ0v) is 32.9. The molecule has 11 rings (SSSR count). The third-order valence-corrected chi connectivity index (χ3v) is 11.7. The quantitative estimate of drug-likeness (QED) is 0.153. The second kappa shape index (κ2) is 15.1. The van der Waals surface area contributed by atoms with E-state index in [1.807, 2.05) is 6.07 Å². The third kappa shape index (κ3) is 6.23. The van der Waals surface area contributed by atoms with E-state index in [0.717, 1.165) is 61.3 Å². The molecule has 2 nitrogen and oxygen atoms in total. The first-order chi connectivity index (χ1) is 29.8. The molecule has 0 N–H and O–H groups in total. The summed E-state index contributed by atoms with van der Waals surface area (Å²) in [5.41, 5.74) is 16.6. The maximum absolute atomic E-state index is 6.66. The molecule has 0 aliphatic carbocycles. The molecule has 0 saturated heterocycles. The molecule has 10 aromatic carbocycles. The number of para-hydroxylation sites is 4. The van der Waals surface area contributed by atoms with Crippen molar-refractivity contribution >= 4 is 49.8 Å². The number of anilines is 3. The minimum Gasteiger partial charge on any atom is -0.455 e. The topological polar surface area (TPSA) is 16.4 Å². The van der Waals surface area contributed by atoms with Crippen LogP contribution in [0.5, 0.6) is 0 Å². The van der Waals surface area contributed by atoms with Gasteiger partial charge in [0.05, 0.1) is 11.4 Å². The standard InChI is InChI=1S/C58H39NO/c1-2-16-40(17-3-1)41-32-34-42(35-33-41)43-36-38-45(39-37-43)59(56-30-12-9-24-51(56)53-27-15-28-54-52-25-10-13-31-57(52)60-58(53)54)55-29-11-8-23-50(55)49-22-7-6-21-48(49)47-26-14-19-44-18-4-5-20-46(44)47/h1-39H. The summed E-state index contributed by atoms with van der Waals surface area (Å²) in [6.45, 7) is 0. The molecular formula is C58H39NO. The van der Waals surface area contributed by atoms with E-state index in [-0.39, 0.29) is 0 Å². The Morgan fingerprint density at radius 3 is 1.40 bits per heavy atom. The summed E-state index contributed by atoms with van der Waals surface area (Å²) in [5, 5.41) is 4.68. The number of nitrogens with zero attached hydrogens (tertiary/aromatic N) is 1. The minimum atomic E-state index is 0.884. The number of hydrogen-bond donors (Lipinski definition) is 0. The normalized spacial score (nSPS) is 11.3. The highest BCUT2D eigenvalue weighted by Crippen LogP contribution is 2.48. The van der Waals surface area contributed by atoms with Gasteiger partial charge in [0, 0.05) is 33.2 Å². The highest BCUT2D eigenvalue weighted by atomic mass is 16.3. The van der Waals surface area contributed by atoms with Crippen molar-refractivity contribution in [2.45, 2.75) is 0 Å². The fraction of sp³-hybridized carbons (Fsp3) is 0. The fourth-order valence-electron chi connectivity index (χ4n) is 8.86. The number of furan rings is 1. The van der Waals surface area contributed by atoms with E-state index < -0.39 is 0 Å². The van der Waals surface area contributed by atoms with Crippen molar-refractivity contribution in [1.82, 2.24) is 0 Å². The summed E-state index contributed by atoms with van der Waals surface area (Å²) < 4.78 is 6.66. The first-order valence-corrected chi connectivity index (χ1v) is 20.5. The van der Waals surface area contributed by atoms with Gasteiger partial charge in [0.1, 0.15) is 11.2 Å². The Labute approximate surface area is 349 Å². The summed E-state index contributed by atoms with van der Waals surface area (Å²) in [7, 11) is 0. The predicted molar refractivity (Wildman–Crippen MR) is 253 cm³/mol. The Morgan fingerprint density at radius 2 is 0.700 bits per heavy atom. The molecule has 0 aliphatic heterocycles. The molecule has 11 aromatic rings. The summed E-state index contributed by atoms with van der Waals surface area (Å²) in [6.07, 6.45) is 0. The Kier molecular flexibility index (Phi) is 8.87. The van der Waals surface area contributed by atoms with Crippen LogP contribution in [-0.4, -0.2) is 0 Å². The molecule has 0 atom stereocenters. The van der Waals surface area contributed by atoms with E-state index in [1.54, 1.807) is 0 Å². The molecule has 1 heterocycles. The summed E-state index contributed by atoms with van der Waals surface area (Å²) in [5.74, 6) is 0. The molecule has 0 spiro atoms. The van der Waals surface area contributed by atoms with Gasteiger partial charge in [-0.15, -0.1) is 0 Å². The number of hydrogen-bond acceptors (Lipinski definition) is 2. The van der Waals surface area contributed by atoms with Crippen molar-refractivity contribution in [2.75, 3.05) is 4.90 Å². The van der Waals surface area contributed by atoms with Gasteiger partial charge >= 0.3 is 0 Å². The van der Waals surface area contributed by atoms with Gasteiger partial charge in [0.15, 0.2) is 0 Å². The molecule has 0 saturated carbocycles. The van der Waals surface area contributed by atoms with Crippen LogP contribution in [0.15, 0.2) is 241 Å². The molecule has 2 heteroatoms. The van der Waals surface area contributed by atoms with Crippen LogP contribution >= 0.6 is 0 Å². The lowest BCUT2D eigenvalue weighted by Gasteiger charge is -2.30. The van der Waals surface area contributed by atoms with E-state index in [4.69, 9.17) is 4.42 Å². The Morgan fingerprint density at radius 1 is 0.267 bits per heavy atom. The smallest absolute Gasteiger partial charge is 0.143 e. The van der Waals surface area contributed by atoms with Crippen LogP contribution in [0.3, 0.4) is 0 Å². The molecular weight excluding hydrogens is 727 g/mol. The molecule has 0 fully saturated rings. The van der Waals surface area contributed by atoms with E-state index in [2.05, 4.69) is 235 Å². The molecule has 60 heavy (non-hydrogen) atoms. The molecule has 1 aromatic heterocycles. The second-order valence-electron chi connectivity index (χ2n) is 15.2. The van der Waals surface area contributed by atoms with Crippen molar-refractivity contribution in [3.8, 4) is 55.6 Å². The maximum Gasteiger partial charge on any atom is 0.143 e. The van der Waals surface area contributed by atoms with Gasteiger partial charge < -0.3 is 9.32 Å². The van der Waals surface area contributed by atoms with Gasteiger partial charge in [-0.3, -0.25) is 0 Å². The van der Waals surface area contributed by atoms with Gasteiger partial charge in [-0.2, -0.15) is 0 Å². The van der Waals surface area contributed by atoms with Crippen LogP contribution in [0.4, 0.5) is 17.1 Å². The fourth-order valence-corrected chi connectivity index (χ4v) is 8.86. The minimum absolute atomic E-state index is 0.884. The first kappa shape index (κ1) is 35.2. The second-order valence-corrected chi connectivity index (χ2v) is 15.2.